The lowest BCUT2D eigenvalue weighted by Crippen LogP contribution is -2.20. The van der Waals surface area contributed by atoms with Gasteiger partial charge in [0.05, 0.1) is 0 Å². The Kier molecular flexibility index (Phi) is 2.49. The van der Waals surface area contributed by atoms with Gasteiger partial charge < -0.3 is 5.32 Å². The Morgan fingerprint density at radius 2 is 2.06 bits per heavy atom. The van der Waals surface area contributed by atoms with Gasteiger partial charge >= 0.3 is 0 Å². The van der Waals surface area contributed by atoms with E-state index in [9.17, 15) is 0 Å². The number of aliphatic imine (C=N–C) groups is 1. The standard InChI is InChI=1S/C14H16N2/c1-2-4-9-15-13-7-6-11-8-10-16-14(11)12(13)5-3-1/h1-5,9,11,16H,6-8,10H2. The summed E-state index contributed by atoms with van der Waals surface area (Å²) in [5.74, 6) is 0.743. The largest absolute Gasteiger partial charge is 0.388 e. The van der Waals surface area contributed by atoms with Crippen LogP contribution in [0, 0.1) is 5.92 Å². The highest BCUT2D eigenvalue weighted by Crippen LogP contribution is 2.33. The lowest BCUT2D eigenvalue weighted by atomic mass is 9.86. The van der Waals surface area contributed by atoms with E-state index in [1.165, 1.54) is 29.8 Å². The van der Waals surface area contributed by atoms with Crippen LogP contribution in [0.2, 0.25) is 0 Å². The summed E-state index contributed by atoms with van der Waals surface area (Å²) in [5, 5.41) is 3.53. The van der Waals surface area contributed by atoms with E-state index in [-0.39, 0.29) is 0 Å². The van der Waals surface area contributed by atoms with Crippen molar-refractivity contribution in [3.05, 3.63) is 47.9 Å². The van der Waals surface area contributed by atoms with Crippen molar-refractivity contribution in [2.24, 2.45) is 10.9 Å². The number of fused-ring (bicyclic) bond motifs is 2. The van der Waals surface area contributed by atoms with Gasteiger partial charge in [0.15, 0.2) is 0 Å². The Morgan fingerprint density at radius 3 is 3.06 bits per heavy atom. The second-order valence-electron chi connectivity index (χ2n) is 4.44. The molecule has 1 saturated heterocycles. The number of allylic oxidation sites excluding steroid dienone is 7. The van der Waals surface area contributed by atoms with E-state index in [0.29, 0.717) is 0 Å². The van der Waals surface area contributed by atoms with E-state index < -0.39 is 0 Å². The molecule has 0 saturated carbocycles. The fourth-order valence-corrected chi connectivity index (χ4v) is 2.66. The molecule has 1 atom stereocenters. The summed E-state index contributed by atoms with van der Waals surface area (Å²) in [5.41, 5.74) is 3.98. The third-order valence-electron chi connectivity index (χ3n) is 3.46. The molecule has 1 fully saturated rings. The van der Waals surface area contributed by atoms with Gasteiger partial charge in [-0.1, -0.05) is 24.3 Å². The van der Waals surface area contributed by atoms with E-state index in [4.69, 9.17) is 0 Å². The summed E-state index contributed by atoms with van der Waals surface area (Å²) in [4.78, 5) is 4.56. The van der Waals surface area contributed by atoms with Gasteiger partial charge in [0.25, 0.3) is 0 Å². The number of hydrogen-bond acceptors (Lipinski definition) is 2. The fourth-order valence-electron chi connectivity index (χ4n) is 2.66. The molecule has 82 valence electrons. The molecule has 0 aromatic heterocycles. The molecule has 0 aromatic carbocycles. The second-order valence-corrected chi connectivity index (χ2v) is 4.44. The Morgan fingerprint density at radius 1 is 1.12 bits per heavy atom. The summed E-state index contributed by atoms with van der Waals surface area (Å²) < 4.78 is 0. The van der Waals surface area contributed by atoms with Crippen molar-refractivity contribution < 1.29 is 0 Å². The van der Waals surface area contributed by atoms with Crippen molar-refractivity contribution >= 4 is 5.71 Å². The van der Waals surface area contributed by atoms with Crippen LogP contribution in [0.25, 0.3) is 0 Å². The highest BCUT2D eigenvalue weighted by Gasteiger charge is 2.29. The molecule has 16 heavy (non-hydrogen) atoms. The highest BCUT2D eigenvalue weighted by molar-refractivity contribution is 6.04. The Labute approximate surface area is 96.2 Å². The van der Waals surface area contributed by atoms with Gasteiger partial charge in [-0.3, -0.25) is 4.99 Å². The highest BCUT2D eigenvalue weighted by atomic mass is 14.9. The molecule has 0 amide bonds. The molecule has 1 N–H and O–H groups in total. The number of hydrogen-bond donors (Lipinski definition) is 1. The average molecular weight is 212 g/mol. The van der Waals surface area contributed by atoms with Crippen LogP contribution in [0.1, 0.15) is 19.3 Å². The van der Waals surface area contributed by atoms with Crippen LogP contribution in [0.5, 0.6) is 0 Å². The molecule has 1 unspecified atom stereocenters. The van der Waals surface area contributed by atoms with Crippen LogP contribution in [-0.4, -0.2) is 12.3 Å². The first kappa shape index (κ1) is 9.64. The quantitative estimate of drug-likeness (QED) is 0.656. The summed E-state index contributed by atoms with van der Waals surface area (Å²) >= 11 is 0. The van der Waals surface area contributed by atoms with Crippen LogP contribution in [-0.2, 0) is 0 Å². The monoisotopic (exact) mass is 212 g/mol. The molecule has 2 heterocycles. The van der Waals surface area contributed by atoms with E-state index in [0.717, 1.165) is 18.9 Å². The maximum atomic E-state index is 4.56. The first-order valence-electron chi connectivity index (χ1n) is 6.00. The van der Waals surface area contributed by atoms with E-state index in [1.807, 2.05) is 18.4 Å². The van der Waals surface area contributed by atoms with Crippen molar-refractivity contribution in [1.82, 2.24) is 5.32 Å². The molecule has 3 aliphatic rings. The van der Waals surface area contributed by atoms with Crippen LogP contribution in [0.4, 0.5) is 0 Å². The topological polar surface area (TPSA) is 24.4 Å². The first-order chi connectivity index (χ1) is 7.95. The lowest BCUT2D eigenvalue weighted by molar-refractivity contribution is 0.585. The third kappa shape index (κ3) is 1.64. The lowest BCUT2D eigenvalue weighted by Gasteiger charge is -2.22. The van der Waals surface area contributed by atoms with Crippen molar-refractivity contribution in [2.75, 3.05) is 6.54 Å². The first-order valence-corrected chi connectivity index (χ1v) is 6.00. The maximum Gasteiger partial charge on any atom is 0.0493 e. The predicted octanol–water partition coefficient (Wildman–Crippen LogP) is 2.72. The molecular weight excluding hydrogens is 196 g/mol. The average Bonchev–Trinajstić information content (AvgIpc) is 2.80. The van der Waals surface area contributed by atoms with Gasteiger partial charge in [0, 0.05) is 35.6 Å². The minimum atomic E-state index is 0.743. The second kappa shape index (κ2) is 4.12. The van der Waals surface area contributed by atoms with Crippen molar-refractivity contribution in [3.8, 4) is 0 Å². The molecule has 2 aliphatic heterocycles. The van der Waals surface area contributed by atoms with Crippen LogP contribution >= 0.6 is 0 Å². The zero-order valence-corrected chi connectivity index (χ0v) is 9.32. The molecule has 2 heteroatoms. The van der Waals surface area contributed by atoms with Gasteiger partial charge in [0.1, 0.15) is 0 Å². The number of nitrogens with zero attached hydrogens (tertiary/aromatic N) is 1. The van der Waals surface area contributed by atoms with E-state index in [1.54, 1.807) is 0 Å². The smallest absolute Gasteiger partial charge is 0.0493 e. The minimum Gasteiger partial charge on any atom is -0.388 e. The number of nitrogens with one attached hydrogen (secondary N) is 1. The Hall–Kier alpha value is -1.57. The summed E-state index contributed by atoms with van der Waals surface area (Å²) in [6.45, 7) is 1.12. The Bertz CT molecular complexity index is 436. The van der Waals surface area contributed by atoms with Crippen molar-refractivity contribution in [3.63, 3.8) is 0 Å². The van der Waals surface area contributed by atoms with Gasteiger partial charge in [-0.15, -0.1) is 0 Å². The Balaban J connectivity index is 2.09. The van der Waals surface area contributed by atoms with Crippen LogP contribution in [0.15, 0.2) is 52.8 Å². The van der Waals surface area contributed by atoms with Gasteiger partial charge in [-0.05, 0) is 25.3 Å². The third-order valence-corrected chi connectivity index (χ3v) is 3.46. The summed E-state index contributed by atoms with van der Waals surface area (Å²) in [6.07, 6.45) is 15.9. The minimum absolute atomic E-state index is 0.743. The van der Waals surface area contributed by atoms with Gasteiger partial charge in [-0.25, -0.2) is 0 Å². The number of rotatable bonds is 0. The molecule has 3 rings (SSSR count). The zero-order chi connectivity index (χ0) is 10.8. The molecule has 0 radical (unpaired) electrons. The molecule has 1 aliphatic carbocycles. The molecule has 0 aromatic rings. The summed E-state index contributed by atoms with van der Waals surface area (Å²) in [6, 6.07) is 0. The summed E-state index contributed by atoms with van der Waals surface area (Å²) in [7, 11) is 0. The van der Waals surface area contributed by atoms with Crippen LogP contribution in [0.3, 0.4) is 0 Å². The molecular formula is C14H16N2. The van der Waals surface area contributed by atoms with E-state index in [2.05, 4.69) is 28.5 Å². The SMILES string of the molecule is C1=CC=CC2=C3NCCC3CCC2=NC=C1. The normalized spacial score (nSPS) is 27.5. The van der Waals surface area contributed by atoms with Crippen molar-refractivity contribution in [2.45, 2.75) is 19.3 Å². The molecule has 0 spiro atoms. The zero-order valence-electron chi connectivity index (χ0n) is 9.32. The maximum absolute atomic E-state index is 4.56. The van der Waals surface area contributed by atoms with Crippen LogP contribution < -0.4 is 5.32 Å². The molecule has 0 bridgehead atoms. The predicted molar refractivity (Wildman–Crippen MR) is 67.2 cm³/mol. The fraction of sp³-hybridized carbons (Fsp3) is 0.357. The van der Waals surface area contributed by atoms with Gasteiger partial charge in [-0.2, -0.15) is 0 Å². The molecule has 2 nitrogen and oxygen atoms in total. The van der Waals surface area contributed by atoms with Gasteiger partial charge in [0.2, 0.25) is 0 Å². The van der Waals surface area contributed by atoms with E-state index >= 15 is 0 Å². The van der Waals surface area contributed by atoms with Crippen molar-refractivity contribution in [1.29, 1.82) is 0 Å².